The van der Waals surface area contributed by atoms with Crippen molar-refractivity contribution in [3.63, 3.8) is 0 Å². The Labute approximate surface area is 484 Å². The topological polar surface area (TPSA) is 544 Å². The number of rotatable bonds is 41. The SMILES string of the molecule is CC[C@H](C)[C@H](NC(=O)[C@H](CO)NC(=O)[C@H](CO)NC(=O)[C@H](CC(C)C)NC(=O)[C@H](CCCCN)NC(=O)[C@H](Cc1cnc[nH]1)NC(=O)CCN)C(=O)N[C@@H](CCC(=O)O)C(=O)N[C@H](C(=O)N[C@@H](CC(=O)O)C(=O)N[C@H](C(=O)O)C(C)C)[C@@H](C)O. The first-order valence-electron chi connectivity index (χ1n) is 27.4. The average Bonchev–Trinajstić information content (AvgIpc) is 4.08. The van der Waals surface area contributed by atoms with Crippen molar-refractivity contribution >= 4 is 77.0 Å². The molecule has 474 valence electrons. The zero-order valence-corrected chi connectivity index (χ0v) is 48.2. The van der Waals surface area contributed by atoms with E-state index in [0.717, 1.165) is 6.92 Å². The van der Waals surface area contributed by atoms with Crippen molar-refractivity contribution in [3.05, 3.63) is 18.2 Å². The molecule has 1 aromatic heterocycles. The summed E-state index contributed by atoms with van der Waals surface area (Å²) < 4.78 is 0. The number of unbranched alkanes of at least 4 members (excludes halogenated alkanes) is 1. The molecule has 1 aromatic rings. The van der Waals surface area contributed by atoms with Crippen LogP contribution in [0, 0.1) is 17.8 Å². The molecule has 0 spiro atoms. The monoisotopic (exact) mass is 1200 g/mol. The fourth-order valence-electron chi connectivity index (χ4n) is 7.99. The first-order valence-corrected chi connectivity index (χ1v) is 27.4. The van der Waals surface area contributed by atoms with Crippen molar-refractivity contribution < 1.29 is 93.0 Å². The summed E-state index contributed by atoms with van der Waals surface area (Å²) >= 11 is 0. The van der Waals surface area contributed by atoms with Gasteiger partial charge in [0.25, 0.3) is 0 Å². The molecule has 21 N–H and O–H groups in total. The normalized spacial score (nSPS) is 15.5. The number of aromatic nitrogens is 2. The number of hydrogen-bond acceptors (Lipinski definition) is 19. The maximum atomic E-state index is 14.0. The summed E-state index contributed by atoms with van der Waals surface area (Å²) in [5, 5.41) is 82.9. The van der Waals surface area contributed by atoms with Crippen molar-refractivity contribution in [1.29, 1.82) is 0 Å². The molecule has 0 radical (unpaired) electrons. The van der Waals surface area contributed by atoms with Crippen LogP contribution in [0.2, 0.25) is 0 Å². The molecule has 12 atom stereocenters. The van der Waals surface area contributed by atoms with Gasteiger partial charge in [-0.3, -0.25) is 57.5 Å². The first-order chi connectivity index (χ1) is 39.4. The molecule has 0 unspecified atom stereocenters. The number of hydrogen-bond donors (Lipinski definition) is 19. The minimum atomic E-state index is -2.01. The molecule has 10 amide bonds. The molecule has 0 aliphatic carbocycles. The standard InChI is InChI=1S/C51H86N14O19/c1-8-26(6)40(49(81)58-30(12-13-37(70)71)43(75)65-41(27(7)68)50(82)60-33(19-38(72)73)46(78)63-39(25(4)5)51(83)84)64-48(80)35(22-67)62-47(79)34(21-66)61-44(76)31(17-24(2)3)59-42(74)29(11-9-10-15-52)57-45(77)32(56-36(69)14-16-53)18-28-20-54-23-55-28/h20,23-27,29-35,39-41,66-68H,8-19,21-22,52-53H2,1-7H3,(H,54,55)(H,56,69)(H,57,77)(H,58,81)(H,59,74)(H,60,82)(H,61,76)(H,62,79)(H,63,78)(H,64,80)(H,65,75)(H,70,71)(H,72,73)(H,83,84)/t26-,27+,29-,30-,31-,32-,33-,34-,35-,39-,40-,41-/m0/s1. The highest BCUT2D eigenvalue weighted by Crippen LogP contribution is 2.13. The highest BCUT2D eigenvalue weighted by molar-refractivity contribution is 5.99. The van der Waals surface area contributed by atoms with E-state index in [0.29, 0.717) is 18.5 Å². The van der Waals surface area contributed by atoms with E-state index in [2.05, 4.69) is 63.1 Å². The van der Waals surface area contributed by atoms with Gasteiger partial charge in [-0.15, -0.1) is 0 Å². The van der Waals surface area contributed by atoms with E-state index in [-0.39, 0.29) is 51.1 Å². The second-order valence-electron chi connectivity index (χ2n) is 20.8. The van der Waals surface area contributed by atoms with Gasteiger partial charge in [0.05, 0.1) is 32.1 Å². The Morgan fingerprint density at radius 3 is 1.48 bits per heavy atom. The van der Waals surface area contributed by atoms with Crippen molar-refractivity contribution in [2.24, 2.45) is 29.2 Å². The van der Waals surface area contributed by atoms with Gasteiger partial charge in [-0.1, -0.05) is 48.0 Å². The number of aliphatic hydroxyl groups excluding tert-OH is 3. The van der Waals surface area contributed by atoms with Crippen LogP contribution in [0.3, 0.4) is 0 Å². The summed E-state index contributed by atoms with van der Waals surface area (Å²) in [4.78, 5) is 178. The van der Waals surface area contributed by atoms with Crippen LogP contribution in [0.15, 0.2) is 12.5 Å². The summed E-state index contributed by atoms with van der Waals surface area (Å²) in [5.41, 5.74) is 11.7. The molecule has 0 bridgehead atoms. The lowest BCUT2D eigenvalue weighted by Gasteiger charge is -2.30. The van der Waals surface area contributed by atoms with E-state index in [9.17, 15) is 93.0 Å². The lowest BCUT2D eigenvalue weighted by Crippen LogP contribution is -2.63. The molecule has 0 fully saturated rings. The van der Waals surface area contributed by atoms with Crippen LogP contribution in [0.25, 0.3) is 0 Å². The predicted molar refractivity (Wildman–Crippen MR) is 295 cm³/mol. The van der Waals surface area contributed by atoms with Gasteiger partial charge in [0, 0.05) is 37.7 Å². The molecule has 0 saturated heterocycles. The maximum absolute atomic E-state index is 14.0. The number of amides is 10. The van der Waals surface area contributed by atoms with E-state index in [1.807, 2.05) is 0 Å². The predicted octanol–water partition coefficient (Wildman–Crippen LogP) is -6.18. The number of carbonyl (C=O) groups excluding carboxylic acids is 10. The molecule has 33 heteroatoms. The lowest BCUT2D eigenvalue weighted by molar-refractivity contribution is -0.145. The molecule has 84 heavy (non-hydrogen) atoms. The van der Waals surface area contributed by atoms with Crippen LogP contribution >= 0.6 is 0 Å². The highest BCUT2D eigenvalue weighted by Gasteiger charge is 2.38. The molecule has 0 aromatic carbocycles. The third kappa shape index (κ3) is 26.6. The number of carbonyl (C=O) groups is 13. The molecule has 1 rings (SSSR count). The fourth-order valence-corrected chi connectivity index (χ4v) is 7.99. The number of nitrogens with zero attached hydrogens (tertiary/aromatic N) is 1. The number of nitrogens with two attached hydrogens (primary N) is 2. The second-order valence-corrected chi connectivity index (χ2v) is 20.8. The van der Waals surface area contributed by atoms with E-state index < -0.39 is 188 Å². The smallest absolute Gasteiger partial charge is 0.326 e. The Morgan fingerprint density at radius 1 is 0.524 bits per heavy atom. The third-order valence-electron chi connectivity index (χ3n) is 12.9. The van der Waals surface area contributed by atoms with E-state index >= 15 is 0 Å². The number of carboxylic acids is 3. The van der Waals surface area contributed by atoms with Crippen LogP contribution in [0.5, 0.6) is 0 Å². The van der Waals surface area contributed by atoms with Crippen LogP contribution in [-0.2, 0) is 68.7 Å². The summed E-state index contributed by atoms with van der Waals surface area (Å²) in [6.07, 6.45) is -0.730. The largest absolute Gasteiger partial charge is 0.481 e. The molecular formula is C51H86N14O19. The minimum Gasteiger partial charge on any atom is -0.481 e. The molecule has 0 aliphatic heterocycles. The Morgan fingerprint density at radius 2 is 0.988 bits per heavy atom. The highest BCUT2D eigenvalue weighted by atomic mass is 16.4. The number of carboxylic acid groups (broad SMARTS) is 3. The Bertz CT molecular complexity index is 2380. The number of aromatic amines is 1. The molecule has 33 nitrogen and oxygen atoms in total. The molecular weight excluding hydrogens is 1110 g/mol. The van der Waals surface area contributed by atoms with Gasteiger partial charge in [-0.2, -0.15) is 0 Å². The fraction of sp³-hybridized carbons (Fsp3) is 0.686. The number of aliphatic carboxylic acids is 3. The molecule has 0 saturated carbocycles. The second kappa shape index (κ2) is 38.1. The zero-order chi connectivity index (χ0) is 64.0. The Balaban J connectivity index is 3.39. The van der Waals surface area contributed by atoms with E-state index in [1.165, 1.54) is 33.3 Å². The summed E-state index contributed by atoms with van der Waals surface area (Å²) in [5.74, 6) is -16.9. The van der Waals surface area contributed by atoms with Crippen molar-refractivity contribution in [2.75, 3.05) is 26.3 Å². The zero-order valence-electron chi connectivity index (χ0n) is 48.2. The van der Waals surface area contributed by atoms with Gasteiger partial charge in [0.1, 0.15) is 60.4 Å². The summed E-state index contributed by atoms with van der Waals surface area (Å²) in [6.45, 7) is 8.41. The minimum absolute atomic E-state index is 0.00658. The summed E-state index contributed by atoms with van der Waals surface area (Å²) in [7, 11) is 0. The average molecular weight is 1200 g/mol. The van der Waals surface area contributed by atoms with Crippen LogP contribution in [0.1, 0.15) is 112 Å². The van der Waals surface area contributed by atoms with Gasteiger partial charge < -0.3 is 100 Å². The van der Waals surface area contributed by atoms with Gasteiger partial charge >= 0.3 is 17.9 Å². The number of nitrogens with one attached hydrogen (secondary N) is 11. The maximum Gasteiger partial charge on any atom is 0.326 e. The Kier molecular flexibility index (Phi) is 33.6. The van der Waals surface area contributed by atoms with Gasteiger partial charge in [0.2, 0.25) is 59.1 Å². The third-order valence-corrected chi connectivity index (χ3v) is 12.9. The Hall–Kier alpha value is -7.88. The van der Waals surface area contributed by atoms with Crippen LogP contribution in [-0.4, -0.2) is 210 Å². The van der Waals surface area contributed by atoms with E-state index in [1.54, 1.807) is 20.8 Å². The first kappa shape index (κ1) is 74.1. The number of aliphatic hydroxyl groups is 3. The van der Waals surface area contributed by atoms with Gasteiger partial charge in [0.15, 0.2) is 0 Å². The molecule has 0 aliphatic rings. The van der Waals surface area contributed by atoms with Gasteiger partial charge in [-0.05, 0) is 63.3 Å². The van der Waals surface area contributed by atoms with Crippen LogP contribution < -0.4 is 64.6 Å². The quantitative estimate of drug-likeness (QED) is 0.0271. The summed E-state index contributed by atoms with van der Waals surface area (Å²) in [6, 6.07) is -16.5. The number of imidazole rings is 1. The van der Waals surface area contributed by atoms with Crippen LogP contribution in [0.4, 0.5) is 0 Å². The van der Waals surface area contributed by atoms with Crippen molar-refractivity contribution in [2.45, 2.75) is 179 Å². The molecule has 1 heterocycles. The van der Waals surface area contributed by atoms with Crippen molar-refractivity contribution in [3.8, 4) is 0 Å². The van der Waals surface area contributed by atoms with Gasteiger partial charge in [-0.25, -0.2) is 9.78 Å². The lowest BCUT2D eigenvalue weighted by atomic mass is 9.97. The van der Waals surface area contributed by atoms with Crippen molar-refractivity contribution in [1.82, 2.24) is 63.1 Å². The number of H-pyrrole nitrogens is 1. The van der Waals surface area contributed by atoms with E-state index in [4.69, 9.17) is 11.5 Å².